The molecule has 1 fully saturated rings. The molecule has 1 atom stereocenters. The summed E-state index contributed by atoms with van der Waals surface area (Å²) in [4.78, 5) is 17.5. The fourth-order valence-corrected chi connectivity index (χ4v) is 4.17. The van der Waals surface area contributed by atoms with Gasteiger partial charge in [0, 0.05) is 50.0 Å². The Morgan fingerprint density at radius 3 is 2.67 bits per heavy atom. The van der Waals surface area contributed by atoms with Crippen LogP contribution < -0.4 is 5.32 Å². The number of piperazine rings is 1. The van der Waals surface area contributed by atoms with Gasteiger partial charge in [0.05, 0.1) is 0 Å². The molecule has 0 unspecified atom stereocenters. The van der Waals surface area contributed by atoms with Crippen LogP contribution in [0.15, 0.2) is 0 Å². The van der Waals surface area contributed by atoms with Crippen molar-refractivity contribution in [1.29, 1.82) is 0 Å². The van der Waals surface area contributed by atoms with E-state index in [2.05, 4.69) is 42.7 Å². The lowest BCUT2D eigenvalue weighted by Crippen LogP contribution is -2.47. The van der Waals surface area contributed by atoms with Gasteiger partial charge in [-0.25, -0.2) is 0 Å². The molecule has 0 aromatic carbocycles. The molecule has 1 aliphatic carbocycles. The van der Waals surface area contributed by atoms with Crippen molar-refractivity contribution in [2.75, 3.05) is 39.8 Å². The second-order valence-corrected chi connectivity index (χ2v) is 8.67. The number of carbonyl (C=O) groups excluding carboxylic acids is 1. The fourth-order valence-electron chi connectivity index (χ4n) is 4.17. The topological polar surface area (TPSA) is 53.4 Å². The van der Waals surface area contributed by atoms with Crippen molar-refractivity contribution in [3.63, 3.8) is 0 Å². The first-order valence-electron chi connectivity index (χ1n) is 10.8. The molecule has 0 radical (unpaired) electrons. The van der Waals surface area contributed by atoms with E-state index in [-0.39, 0.29) is 5.91 Å². The third kappa shape index (κ3) is 4.91. The van der Waals surface area contributed by atoms with Crippen molar-refractivity contribution >= 4 is 5.91 Å². The van der Waals surface area contributed by atoms with Crippen molar-refractivity contribution in [1.82, 2.24) is 24.9 Å². The molecule has 152 valence electrons. The number of likely N-dealkylation sites (N-methyl/N-ethyl adjacent to an activating group) is 1. The molecule has 1 saturated heterocycles. The molecule has 0 spiro atoms. The number of fused-ring (bicyclic) bond motifs is 1. The number of hydrogen-bond donors (Lipinski definition) is 1. The lowest BCUT2D eigenvalue weighted by Gasteiger charge is -2.32. The molecular formula is C21H37N5O. The minimum atomic E-state index is 0.136. The van der Waals surface area contributed by atoms with E-state index in [9.17, 15) is 4.79 Å². The Morgan fingerprint density at radius 1 is 1.26 bits per heavy atom. The Hall–Kier alpha value is -1.40. The zero-order chi connectivity index (χ0) is 19.4. The zero-order valence-corrected chi connectivity index (χ0v) is 17.6. The second kappa shape index (κ2) is 9.20. The molecule has 6 nitrogen and oxygen atoms in total. The van der Waals surface area contributed by atoms with Crippen molar-refractivity contribution in [2.45, 2.75) is 65.5 Å². The summed E-state index contributed by atoms with van der Waals surface area (Å²) in [6.07, 6.45) is 5.35. The van der Waals surface area contributed by atoms with Gasteiger partial charge in [0.15, 0.2) is 5.69 Å². The van der Waals surface area contributed by atoms with Crippen LogP contribution in [0, 0.1) is 5.92 Å². The largest absolute Gasteiger partial charge is 0.335 e. The van der Waals surface area contributed by atoms with E-state index in [1.54, 1.807) is 0 Å². The quantitative estimate of drug-likeness (QED) is 0.794. The van der Waals surface area contributed by atoms with Crippen LogP contribution in [0.2, 0.25) is 0 Å². The summed E-state index contributed by atoms with van der Waals surface area (Å²) in [5.41, 5.74) is 3.23. The summed E-state index contributed by atoms with van der Waals surface area (Å²) in [6.45, 7) is 12.2. The predicted octanol–water partition coefficient (Wildman–Crippen LogP) is 2.17. The Balaban J connectivity index is 1.75. The summed E-state index contributed by atoms with van der Waals surface area (Å²) >= 11 is 0. The van der Waals surface area contributed by atoms with Gasteiger partial charge < -0.3 is 15.1 Å². The summed E-state index contributed by atoms with van der Waals surface area (Å²) in [5.74, 6) is 0.857. The van der Waals surface area contributed by atoms with Crippen LogP contribution in [0.4, 0.5) is 0 Å². The highest BCUT2D eigenvalue weighted by Crippen LogP contribution is 2.26. The summed E-state index contributed by atoms with van der Waals surface area (Å²) < 4.78 is 2.11. The average Bonchev–Trinajstić information content (AvgIpc) is 3.00. The number of hydrogen-bond acceptors (Lipinski definition) is 4. The van der Waals surface area contributed by atoms with E-state index in [4.69, 9.17) is 5.10 Å². The molecule has 1 aromatic rings. The third-order valence-corrected chi connectivity index (χ3v) is 5.93. The minimum Gasteiger partial charge on any atom is -0.335 e. The molecule has 1 aromatic heterocycles. The predicted molar refractivity (Wildman–Crippen MR) is 109 cm³/mol. The number of amides is 1. The Bertz CT molecular complexity index is 631. The molecule has 3 rings (SSSR count). The number of aryl methyl sites for hydroxylation is 1. The smallest absolute Gasteiger partial charge is 0.274 e. The molecule has 2 aliphatic rings. The molecule has 1 amide bonds. The van der Waals surface area contributed by atoms with E-state index in [1.165, 1.54) is 17.7 Å². The number of carbonyl (C=O) groups is 1. The van der Waals surface area contributed by atoms with E-state index >= 15 is 0 Å². The van der Waals surface area contributed by atoms with E-state index in [0.717, 1.165) is 76.6 Å². The Morgan fingerprint density at radius 2 is 2.00 bits per heavy atom. The van der Waals surface area contributed by atoms with Crippen LogP contribution in [0.5, 0.6) is 0 Å². The van der Waals surface area contributed by atoms with E-state index < -0.39 is 0 Å². The monoisotopic (exact) mass is 375 g/mol. The fraction of sp³-hybridized carbons (Fsp3) is 0.810. The highest BCUT2D eigenvalue weighted by atomic mass is 16.2. The van der Waals surface area contributed by atoms with Crippen LogP contribution in [-0.2, 0) is 19.4 Å². The van der Waals surface area contributed by atoms with Crippen LogP contribution >= 0.6 is 0 Å². The number of rotatable bonds is 7. The average molecular weight is 376 g/mol. The summed E-state index contributed by atoms with van der Waals surface area (Å²) in [6, 6.07) is 0.467. The maximum absolute atomic E-state index is 13.2. The standard InChI is InChI=1S/C21H37N5O/c1-5-10-26-19-7-6-17(22-9-8-16(2)3)15-18(19)20(23-26)21(27)25-13-11-24(4)12-14-25/h16-17,22H,5-15H2,1-4H3/t17-/m0/s1. The Kier molecular flexibility index (Phi) is 6.93. The summed E-state index contributed by atoms with van der Waals surface area (Å²) in [5, 5.41) is 8.52. The third-order valence-electron chi connectivity index (χ3n) is 5.93. The lowest BCUT2D eigenvalue weighted by atomic mass is 9.90. The molecule has 27 heavy (non-hydrogen) atoms. The first-order valence-corrected chi connectivity index (χ1v) is 10.8. The van der Waals surface area contributed by atoms with Gasteiger partial charge in [0.2, 0.25) is 0 Å². The highest BCUT2D eigenvalue weighted by molar-refractivity contribution is 5.94. The van der Waals surface area contributed by atoms with Crippen LogP contribution in [0.25, 0.3) is 0 Å². The minimum absolute atomic E-state index is 0.136. The maximum atomic E-state index is 13.2. The number of aromatic nitrogens is 2. The van der Waals surface area contributed by atoms with Crippen molar-refractivity contribution in [2.24, 2.45) is 5.92 Å². The second-order valence-electron chi connectivity index (χ2n) is 8.67. The van der Waals surface area contributed by atoms with Gasteiger partial charge >= 0.3 is 0 Å². The molecule has 6 heteroatoms. The molecule has 0 saturated carbocycles. The SMILES string of the molecule is CCCn1nc(C(=O)N2CCN(C)CC2)c2c1CC[C@H](NCCC(C)C)C2. The maximum Gasteiger partial charge on any atom is 0.274 e. The van der Waals surface area contributed by atoms with Gasteiger partial charge in [-0.05, 0) is 51.6 Å². The van der Waals surface area contributed by atoms with Crippen molar-refractivity contribution < 1.29 is 4.79 Å². The molecule has 1 aliphatic heterocycles. The lowest BCUT2D eigenvalue weighted by molar-refractivity contribution is 0.0656. The van der Waals surface area contributed by atoms with Crippen LogP contribution in [0.3, 0.4) is 0 Å². The van der Waals surface area contributed by atoms with Gasteiger partial charge in [-0.15, -0.1) is 0 Å². The molecule has 1 N–H and O–H groups in total. The van der Waals surface area contributed by atoms with Gasteiger partial charge in [-0.1, -0.05) is 20.8 Å². The van der Waals surface area contributed by atoms with Gasteiger partial charge in [0.1, 0.15) is 0 Å². The van der Waals surface area contributed by atoms with Crippen LogP contribution in [0.1, 0.15) is 61.8 Å². The first kappa shape index (κ1) is 20.3. The normalized spacial score (nSPS) is 20.9. The molecule has 2 heterocycles. The summed E-state index contributed by atoms with van der Waals surface area (Å²) in [7, 11) is 2.12. The zero-order valence-electron chi connectivity index (χ0n) is 17.6. The van der Waals surface area contributed by atoms with Crippen molar-refractivity contribution in [3.05, 3.63) is 17.0 Å². The van der Waals surface area contributed by atoms with Crippen molar-refractivity contribution in [3.8, 4) is 0 Å². The van der Waals surface area contributed by atoms with E-state index in [0.29, 0.717) is 6.04 Å². The Labute approximate surface area is 164 Å². The van der Waals surface area contributed by atoms with Gasteiger partial charge in [0.25, 0.3) is 5.91 Å². The van der Waals surface area contributed by atoms with Gasteiger partial charge in [-0.2, -0.15) is 5.10 Å². The number of nitrogens with one attached hydrogen (secondary N) is 1. The first-order chi connectivity index (χ1) is 13.0. The van der Waals surface area contributed by atoms with Crippen LogP contribution in [-0.4, -0.2) is 71.3 Å². The highest BCUT2D eigenvalue weighted by Gasteiger charge is 2.31. The molecular weight excluding hydrogens is 338 g/mol. The molecule has 0 bridgehead atoms. The van der Waals surface area contributed by atoms with Gasteiger partial charge in [-0.3, -0.25) is 9.48 Å². The van der Waals surface area contributed by atoms with E-state index in [1.807, 2.05) is 4.90 Å². The number of nitrogens with zero attached hydrogens (tertiary/aromatic N) is 4.